The summed E-state index contributed by atoms with van der Waals surface area (Å²) in [5.41, 5.74) is 2.55. The molecule has 1 aliphatic rings. The van der Waals surface area contributed by atoms with Crippen molar-refractivity contribution < 1.29 is 13.2 Å². The lowest BCUT2D eigenvalue weighted by Gasteiger charge is -2.12. The molecule has 0 radical (unpaired) electrons. The second-order valence-corrected chi connectivity index (χ2v) is 7.87. The van der Waals surface area contributed by atoms with Gasteiger partial charge in [0.05, 0.1) is 18.9 Å². The highest BCUT2D eigenvalue weighted by Crippen LogP contribution is 2.25. The number of halogens is 1. The summed E-state index contributed by atoms with van der Waals surface area (Å²) in [7, 11) is -3.16. The zero-order chi connectivity index (χ0) is 18.1. The van der Waals surface area contributed by atoms with E-state index in [0.717, 1.165) is 38.3 Å². The standard InChI is InChI=1S/C17H28N4O3S.HI/c1-3-18-17(20-10-11-21-25(22,23)4-2)19-9-7-14-5-6-16-15(13-14)8-12-24-16;/h5-6,13,21H,3-4,7-12H2,1-2H3,(H2,18,19,20);1H. The maximum atomic E-state index is 11.4. The van der Waals surface area contributed by atoms with E-state index in [1.54, 1.807) is 6.92 Å². The predicted molar refractivity (Wildman–Crippen MR) is 116 cm³/mol. The summed E-state index contributed by atoms with van der Waals surface area (Å²) in [5.74, 6) is 1.78. The summed E-state index contributed by atoms with van der Waals surface area (Å²) in [4.78, 5) is 4.39. The first-order valence-electron chi connectivity index (χ1n) is 8.78. The van der Waals surface area contributed by atoms with Crippen molar-refractivity contribution in [3.05, 3.63) is 29.3 Å². The van der Waals surface area contributed by atoms with Crippen LogP contribution in [0.25, 0.3) is 0 Å². The minimum absolute atomic E-state index is 0. The van der Waals surface area contributed by atoms with Gasteiger partial charge in [-0.25, -0.2) is 13.1 Å². The number of hydrogen-bond donors (Lipinski definition) is 3. The van der Waals surface area contributed by atoms with E-state index in [1.165, 1.54) is 11.1 Å². The summed E-state index contributed by atoms with van der Waals surface area (Å²) in [6, 6.07) is 6.33. The van der Waals surface area contributed by atoms with Crippen LogP contribution in [-0.4, -0.2) is 52.9 Å². The van der Waals surface area contributed by atoms with E-state index in [2.05, 4.69) is 32.5 Å². The number of guanidine groups is 1. The van der Waals surface area contributed by atoms with Crippen molar-refractivity contribution >= 4 is 40.0 Å². The fraction of sp³-hybridized carbons (Fsp3) is 0.588. The van der Waals surface area contributed by atoms with Crippen LogP contribution in [0, 0.1) is 0 Å². The Balaban J connectivity index is 0.00000338. The fourth-order valence-corrected chi connectivity index (χ4v) is 3.14. The topological polar surface area (TPSA) is 91.8 Å². The number of fused-ring (bicyclic) bond motifs is 1. The second-order valence-electron chi connectivity index (χ2n) is 5.78. The van der Waals surface area contributed by atoms with E-state index in [1.807, 2.05) is 13.0 Å². The van der Waals surface area contributed by atoms with Crippen molar-refractivity contribution in [3.63, 3.8) is 0 Å². The third kappa shape index (κ3) is 7.67. The highest BCUT2D eigenvalue weighted by molar-refractivity contribution is 14.0. The number of aliphatic imine (C=N–C) groups is 1. The van der Waals surface area contributed by atoms with Crippen molar-refractivity contribution in [2.24, 2.45) is 4.99 Å². The molecule has 0 atom stereocenters. The monoisotopic (exact) mass is 496 g/mol. The van der Waals surface area contributed by atoms with Crippen LogP contribution < -0.4 is 20.1 Å². The summed E-state index contributed by atoms with van der Waals surface area (Å²) < 4.78 is 30.8. The van der Waals surface area contributed by atoms with Crippen molar-refractivity contribution in [2.75, 3.05) is 38.5 Å². The first kappa shape index (κ1) is 23.0. The largest absolute Gasteiger partial charge is 0.493 e. The molecule has 148 valence electrons. The van der Waals surface area contributed by atoms with Crippen LogP contribution in [-0.2, 0) is 22.9 Å². The van der Waals surface area contributed by atoms with Crippen LogP contribution in [0.2, 0.25) is 0 Å². The first-order chi connectivity index (χ1) is 12.0. The van der Waals surface area contributed by atoms with Crippen molar-refractivity contribution in [2.45, 2.75) is 26.7 Å². The molecule has 1 aromatic rings. The Morgan fingerprint density at radius 2 is 2.04 bits per heavy atom. The molecular formula is C17H29IN4O3S. The smallest absolute Gasteiger partial charge is 0.211 e. The second kappa shape index (κ2) is 11.6. The molecule has 9 heteroatoms. The molecule has 3 N–H and O–H groups in total. The molecule has 0 fully saturated rings. The van der Waals surface area contributed by atoms with E-state index in [9.17, 15) is 8.42 Å². The Kier molecular flexibility index (Phi) is 10.3. The number of hydrogen-bond acceptors (Lipinski definition) is 4. The van der Waals surface area contributed by atoms with Gasteiger partial charge < -0.3 is 15.4 Å². The quantitative estimate of drug-likeness (QED) is 0.207. The molecule has 1 aliphatic heterocycles. The Bertz CT molecular complexity index is 695. The highest BCUT2D eigenvalue weighted by Gasteiger charge is 2.11. The Morgan fingerprint density at radius 1 is 1.23 bits per heavy atom. The van der Waals surface area contributed by atoms with Gasteiger partial charge in [-0.1, -0.05) is 12.1 Å². The summed E-state index contributed by atoms with van der Waals surface area (Å²) >= 11 is 0. The third-order valence-corrected chi connectivity index (χ3v) is 5.29. The fourth-order valence-electron chi connectivity index (χ4n) is 2.53. The molecule has 26 heavy (non-hydrogen) atoms. The van der Waals surface area contributed by atoms with E-state index in [-0.39, 0.29) is 29.7 Å². The van der Waals surface area contributed by atoms with Gasteiger partial charge in [-0.05, 0) is 37.5 Å². The van der Waals surface area contributed by atoms with E-state index >= 15 is 0 Å². The van der Waals surface area contributed by atoms with Gasteiger partial charge in [0, 0.05) is 26.1 Å². The molecular weight excluding hydrogens is 467 g/mol. The molecule has 1 heterocycles. The van der Waals surface area contributed by atoms with Crippen molar-refractivity contribution in [3.8, 4) is 5.75 Å². The SMILES string of the molecule is CCNC(=NCCNS(=O)(=O)CC)NCCc1ccc2c(c1)CCO2.I. The minimum atomic E-state index is -3.16. The average molecular weight is 496 g/mol. The number of sulfonamides is 1. The maximum absolute atomic E-state index is 11.4. The van der Waals surface area contributed by atoms with Crippen molar-refractivity contribution in [1.29, 1.82) is 0 Å². The van der Waals surface area contributed by atoms with E-state index in [0.29, 0.717) is 19.0 Å². The number of rotatable bonds is 9. The molecule has 0 aromatic heterocycles. The minimum Gasteiger partial charge on any atom is -0.493 e. The molecule has 0 saturated carbocycles. The molecule has 0 unspecified atom stereocenters. The number of nitrogens with one attached hydrogen (secondary N) is 3. The Hall–Kier alpha value is -1.07. The molecule has 0 spiro atoms. The van der Waals surface area contributed by atoms with Gasteiger partial charge in [0.1, 0.15) is 5.75 Å². The number of ether oxygens (including phenoxy) is 1. The van der Waals surface area contributed by atoms with E-state index in [4.69, 9.17) is 4.74 Å². The summed E-state index contributed by atoms with van der Waals surface area (Å²) in [6.45, 7) is 6.59. The van der Waals surface area contributed by atoms with Gasteiger partial charge in [-0.3, -0.25) is 4.99 Å². The normalized spacial score (nSPS) is 13.5. The average Bonchev–Trinajstić information content (AvgIpc) is 3.06. The van der Waals surface area contributed by atoms with Gasteiger partial charge in [0.15, 0.2) is 5.96 Å². The van der Waals surface area contributed by atoms with Gasteiger partial charge in [0.25, 0.3) is 0 Å². The highest BCUT2D eigenvalue weighted by atomic mass is 127. The van der Waals surface area contributed by atoms with E-state index < -0.39 is 10.0 Å². The molecule has 0 amide bonds. The lowest BCUT2D eigenvalue weighted by molar-refractivity contribution is 0.357. The van der Waals surface area contributed by atoms with Gasteiger partial charge in [-0.2, -0.15) is 0 Å². The molecule has 2 rings (SSSR count). The van der Waals surface area contributed by atoms with Crippen LogP contribution in [0.5, 0.6) is 5.75 Å². The van der Waals surface area contributed by atoms with Gasteiger partial charge >= 0.3 is 0 Å². The summed E-state index contributed by atoms with van der Waals surface area (Å²) in [5, 5.41) is 6.44. The molecule has 7 nitrogen and oxygen atoms in total. The van der Waals surface area contributed by atoms with Crippen LogP contribution in [0.3, 0.4) is 0 Å². The van der Waals surface area contributed by atoms with Crippen LogP contribution >= 0.6 is 24.0 Å². The predicted octanol–water partition coefficient (Wildman–Crippen LogP) is 1.28. The van der Waals surface area contributed by atoms with Crippen LogP contribution in [0.4, 0.5) is 0 Å². The lowest BCUT2D eigenvalue weighted by Crippen LogP contribution is -2.39. The first-order valence-corrected chi connectivity index (χ1v) is 10.4. The third-order valence-electron chi connectivity index (χ3n) is 3.89. The number of nitrogens with zero attached hydrogens (tertiary/aromatic N) is 1. The van der Waals surface area contributed by atoms with Gasteiger partial charge in [-0.15, -0.1) is 24.0 Å². The van der Waals surface area contributed by atoms with Gasteiger partial charge in [0.2, 0.25) is 10.0 Å². The maximum Gasteiger partial charge on any atom is 0.211 e. The van der Waals surface area contributed by atoms with Crippen LogP contribution in [0.1, 0.15) is 25.0 Å². The zero-order valence-corrected chi connectivity index (χ0v) is 18.5. The lowest BCUT2D eigenvalue weighted by atomic mass is 10.1. The van der Waals surface area contributed by atoms with Crippen LogP contribution in [0.15, 0.2) is 23.2 Å². The Morgan fingerprint density at radius 3 is 2.77 bits per heavy atom. The molecule has 0 saturated heterocycles. The molecule has 1 aromatic carbocycles. The Labute approximate surface area is 173 Å². The molecule has 0 bridgehead atoms. The zero-order valence-electron chi connectivity index (χ0n) is 15.4. The molecule has 0 aliphatic carbocycles. The number of benzene rings is 1. The summed E-state index contributed by atoms with van der Waals surface area (Å²) in [6.07, 6.45) is 1.87. The van der Waals surface area contributed by atoms with Crippen molar-refractivity contribution in [1.82, 2.24) is 15.4 Å².